The van der Waals surface area contributed by atoms with Gasteiger partial charge in [0.2, 0.25) is 0 Å². The van der Waals surface area contributed by atoms with E-state index in [1.807, 2.05) is 0 Å². The van der Waals surface area contributed by atoms with Gasteiger partial charge in [0.05, 0.1) is 22.6 Å². The lowest BCUT2D eigenvalue weighted by Crippen LogP contribution is -2.07. The zero-order valence-electron chi connectivity index (χ0n) is 10.3. The van der Waals surface area contributed by atoms with Gasteiger partial charge in [0.25, 0.3) is 0 Å². The first kappa shape index (κ1) is 14.5. The number of hydrogen-bond donors (Lipinski definition) is 2. The number of nitrogens with one attached hydrogen (secondary N) is 1. The predicted molar refractivity (Wildman–Crippen MR) is 80.5 cm³/mol. The van der Waals surface area contributed by atoms with Crippen molar-refractivity contribution in [1.29, 1.82) is 0 Å². The molecule has 0 amide bonds. The first-order chi connectivity index (χ1) is 9.50. The highest BCUT2D eigenvalue weighted by Crippen LogP contribution is 2.21. The molecule has 0 saturated carbocycles. The Morgan fingerprint density at radius 1 is 1.65 bits per heavy atom. The zero-order valence-corrected chi connectivity index (χ0v) is 12.7. The number of halogens is 2. The molecule has 2 aromatic heterocycles. The third-order valence-corrected chi connectivity index (χ3v) is 3.53. The van der Waals surface area contributed by atoms with E-state index >= 15 is 0 Å². The molecule has 0 aliphatic carbocycles. The minimum Gasteiger partial charge on any atom is -0.477 e. The van der Waals surface area contributed by atoms with Gasteiger partial charge in [-0.3, -0.25) is 10.4 Å². The van der Waals surface area contributed by atoms with E-state index in [0.29, 0.717) is 20.9 Å². The van der Waals surface area contributed by atoms with Crippen LogP contribution in [0.3, 0.4) is 0 Å². The lowest BCUT2D eigenvalue weighted by molar-refractivity contribution is 0.0686. The monoisotopic (exact) mass is 356 g/mol. The van der Waals surface area contributed by atoms with E-state index in [4.69, 9.17) is 16.7 Å². The van der Waals surface area contributed by atoms with Gasteiger partial charge in [-0.1, -0.05) is 11.6 Å². The maximum absolute atomic E-state index is 11.0. The molecule has 104 valence electrons. The van der Waals surface area contributed by atoms with Crippen molar-refractivity contribution in [3.8, 4) is 0 Å². The summed E-state index contributed by atoms with van der Waals surface area (Å²) in [4.78, 5) is 14.9. The quantitative estimate of drug-likeness (QED) is 0.651. The molecule has 0 bridgehead atoms. The molecular formula is C12H10BrClN4O2. The van der Waals surface area contributed by atoms with E-state index < -0.39 is 5.97 Å². The predicted octanol–water partition coefficient (Wildman–Crippen LogP) is 2.98. The molecule has 0 unspecified atom stereocenters. The summed E-state index contributed by atoms with van der Waals surface area (Å²) in [7, 11) is 1.65. The molecule has 2 aromatic rings. The van der Waals surface area contributed by atoms with Crippen LogP contribution in [0.5, 0.6) is 0 Å². The van der Waals surface area contributed by atoms with E-state index in [1.165, 1.54) is 23.0 Å². The molecule has 6 nitrogen and oxygen atoms in total. The second kappa shape index (κ2) is 6.06. The number of carbonyl (C=O) groups is 1. The highest BCUT2D eigenvalue weighted by Gasteiger charge is 2.14. The summed E-state index contributed by atoms with van der Waals surface area (Å²) in [5, 5.41) is 13.5. The molecule has 0 aliphatic rings. The Morgan fingerprint density at radius 3 is 3.00 bits per heavy atom. The lowest BCUT2D eigenvalue weighted by atomic mass is 10.4. The van der Waals surface area contributed by atoms with Gasteiger partial charge >= 0.3 is 5.97 Å². The highest BCUT2D eigenvalue weighted by molar-refractivity contribution is 9.10. The summed E-state index contributed by atoms with van der Waals surface area (Å²) >= 11 is 9.22. The number of carboxylic acid groups (broad SMARTS) is 1. The summed E-state index contributed by atoms with van der Waals surface area (Å²) in [5.41, 5.74) is 4.17. The molecule has 20 heavy (non-hydrogen) atoms. The van der Waals surface area contributed by atoms with Crippen LogP contribution in [0.1, 0.15) is 16.2 Å². The number of carboxylic acids is 1. The topological polar surface area (TPSA) is 79.5 Å². The third kappa shape index (κ3) is 3.00. The van der Waals surface area contributed by atoms with Gasteiger partial charge in [-0.15, -0.1) is 0 Å². The van der Waals surface area contributed by atoms with Crippen LogP contribution in [0.4, 0.5) is 5.69 Å². The van der Waals surface area contributed by atoms with Gasteiger partial charge in [0, 0.05) is 23.9 Å². The molecular weight excluding hydrogens is 348 g/mol. The summed E-state index contributed by atoms with van der Waals surface area (Å²) in [6, 6.07) is 3.20. The SMILES string of the molecule is Cn1c(C(=O)O)cc(Br)c1C=NNc1ccncc1Cl. The number of hydrogen-bond acceptors (Lipinski definition) is 4. The minimum absolute atomic E-state index is 0.167. The number of aromatic carboxylic acids is 1. The maximum Gasteiger partial charge on any atom is 0.352 e. The van der Waals surface area contributed by atoms with Crippen LogP contribution >= 0.6 is 27.5 Å². The van der Waals surface area contributed by atoms with Crippen molar-refractivity contribution < 1.29 is 9.90 Å². The molecule has 0 fully saturated rings. The van der Waals surface area contributed by atoms with Crippen LogP contribution in [-0.2, 0) is 7.05 Å². The largest absolute Gasteiger partial charge is 0.477 e. The fourth-order valence-electron chi connectivity index (χ4n) is 1.56. The third-order valence-electron chi connectivity index (χ3n) is 2.59. The molecule has 0 atom stereocenters. The van der Waals surface area contributed by atoms with E-state index in [2.05, 4.69) is 31.4 Å². The number of pyridine rings is 1. The van der Waals surface area contributed by atoms with Gasteiger partial charge in [-0.25, -0.2) is 4.79 Å². The second-order valence-corrected chi connectivity index (χ2v) is 5.11. The van der Waals surface area contributed by atoms with Crippen LogP contribution in [0.25, 0.3) is 0 Å². The standard InChI is InChI=1S/C12H10BrClN4O2/c1-18-10(12(19)20)4-7(13)11(18)6-16-17-9-2-3-15-5-8(9)14/h2-6H,1H3,(H,15,17)(H,19,20). The zero-order chi connectivity index (χ0) is 14.7. The van der Waals surface area contributed by atoms with Crippen LogP contribution in [0, 0.1) is 0 Å². The fourth-order valence-corrected chi connectivity index (χ4v) is 2.31. The van der Waals surface area contributed by atoms with Crippen molar-refractivity contribution >= 4 is 45.4 Å². The number of nitrogens with zero attached hydrogens (tertiary/aromatic N) is 3. The van der Waals surface area contributed by atoms with Crippen molar-refractivity contribution in [2.45, 2.75) is 0 Å². The number of anilines is 1. The first-order valence-electron chi connectivity index (χ1n) is 5.48. The molecule has 0 radical (unpaired) electrons. The van der Waals surface area contributed by atoms with Crippen LogP contribution in [-0.4, -0.2) is 26.8 Å². The van der Waals surface area contributed by atoms with E-state index in [0.717, 1.165) is 0 Å². The van der Waals surface area contributed by atoms with Gasteiger partial charge in [0.1, 0.15) is 5.69 Å². The molecule has 0 aromatic carbocycles. The Balaban J connectivity index is 2.21. The summed E-state index contributed by atoms with van der Waals surface area (Å²) < 4.78 is 2.16. The Morgan fingerprint density at radius 2 is 2.40 bits per heavy atom. The lowest BCUT2D eigenvalue weighted by Gasteiger charge is -2.03. The summed E-state index contributed by atoms with van der Waals surface area (Å²) in [6.07, 6.45) is 4.60. The van der Waals surface area contributed by atoms with Crippen molar-refractivity contribution in [2.75, 3.05) is 5.43 Å². The van der Waals surface area contributed by atoms with Crippen molar-refractivity contribution in [3.05, 3.63) is 45.4 Å². The molecule has 0 spiro atoms. The molecule has 2 rings (SSSR count). The second-order valence-electron chi connectivity index (χ2n) is 3.85. The van der Waals surface area contributed by atoms with Gasteiger partial charge in [0.15, 0.2) is 0 Å². The molecule has 2 N–H and O–H groups in total. The van der Waals surface area contributed by atoms with Crippen LogP contribution in [0.15, 0.2) is 34.1 Å². The number of aromatic nitrogens is 2. The molecule has 0 aliphatic heterocycles. The van der Waals surface area contributed by atoms with E-state index in [9.17, 15) is 4.79 Å². The van der Waals surface area contributed by atoms with Crippen LogP contribution in [0.2, 0.25) is 5.02 Å². The van der Waals surface area contributed by atoms with Crippen LogP contribution < -0.4 is 5.43 Å². The number of hydrazone groups is 1. The Kier molecular flexibility index (Phi) is 4.41. The molecule has 2 heterocycles. The Bertz CT molecular complexity index is 684. The van der Waals surface area contributed by atoms with E-state index in [1.54, 1.807) is 19.3 Å². The van der Waals surface area contributed by atoms with Gasteiger partial charge < -0.3 is 9.67 Å². The average molecular weight is 358 g/mol. The smallest absolute Gasteiger partial charge is 0.352 e. The fraction of sp³-hybridized carbons (Fsp3) is 0.0833. The van der Waals surface area contributed by atoms with Crippen molar-refractivity contribution in [1.82, 2.24) is 9.55 Å². The maximum atomic E-state index is 11.0. The van der Waals surface area contributed by atoms with E-state index in [-0.39, 0.29) is 5.69 Å². The Labute approximate surface area is 128 Å². The van der Waals surface area contributed by atoms with Crippen molar-refractivity contribution in [2.24, 2.45) is 12.1 Å². The van der Waals surface area contributed by atoms with Gasteiger partial charge in [-0.05, 0) is 28.1 Å². The normalized spacial score (nSPS) is 10.9. The van der Waals surface area contributed by atoms with Crippen molar-refractivity contribution in [3.63, 3.8) is 0 Å². The summed E-state index contributed by atoms with van der Waals surface area (Å²) in [5.74, 6) is -1.00. The minimum atomic E-state index is -1.00. The van der Waals surface area contributed by atoms with Gasteiger partial charge in [-0.2, -0.15) is 5.10 Å². The first-order valence-corrected chi connectivity index (χ1v) is 6.65. The average Bonchev–Trinajstić information content (AvgIpc) is 2.68. The Hall–Kier alpha value is -1.86. The summed E-state index contributed by atoms with van der Waals surface area (Å²) in [6.45, 7) is 0. The molecule has 0 saturated heterocycles. The highest BCUT2D eigenvalue weighted by atomic mass is 79.9. The molecule has 8 heteroatoms. The number of rotatable bonds is 4.